The second kappa shape index (κ2) is 8.65. The summed E-state index contributed by atoms with van der Waals surface area (Å²) in [5, 5.41) is 4.80. The number of imide groups is 1. The highest BCUT2D eigenvalue weighted by molar-refractivity contribution is 6.21. The van der Waals surface area contributed by atoms with Crippen molar-refractivity contribution in [2.75, 3.05) is 6.54 Å². The smallest absolute Gasteiger partial charge is 0.274 e. The van der Waals surface area contributed by atoms with Gasteiger partial charge in [-0.05, 0) is 32.0 Å². The molecule has 0 bridgehead atoms. The molecule has 33 heavy (non-hydrogen) atoms. The lowest BCUT2D eigenvalue weighted by Crippen LogP contribution is -2.44. The fourth-order valence-corrected chi connectivity index (χ4v) is 3.69. The summed E-state index contributed by atoms with van der Waals surface area (Å²) in [6, 6.07) is 11.6. The average Bonchev–Trinajstić information content (AvgIpc) is 3.05. The van der Waals surface area contributed by atoms with Crippen molar-refractivity contribution in [2.24, 2.45) is 0 Å². The molecule has 1 aliphatic rings. The number of carbonyl (C=O) groups is 4. The summed E-state index contributed by atoms with van der Waals surface area (Å²) < 4.78 is 1.17. The summed E-state index contributed by atoms with van der Waals surface area (Å²) in [5.41, 5.74) is 5.70. The van der Waals surface area contributed by atoms with Gasteiger partial charge in [0.2, 0.25) is 5.91 Å². The zero-order valence-corrected chi connectivity index (χ0v) is 18.0. The number of fused-ring (bicyclic) bond motifs is 2. The Bertz CT molecular complexity index is 1380. The van der Waals surface area contributed by atoms with Gasteiger partial charge in [0, 0.05) is 24.9 Å². The van der Waals surface area contributed by atoms with Crippen LogP contribution < -0.4 is 16.4 Å². The molecular weight excluding hydrogens is 426 g/mol. The van der Waals surface area contributed by atoms with Crippen LogP contribution in [0.2, 0.25) is 0 Å². The molecular formula is C23H21N5O5. The van der Waals surface area contributed by atoms with Crippen molar-refractivity contribution in [3.8, 4) is 0 Å². The summed E-state index contributed by atoms with van der Waals surface area (Å²) in [4.78, 5) is 63.3. The number of hydrogen-bond donors (Lipinski definition) is 2. The number of carbonyl (C=O) groups excluding carboxylic acids is 4. The molecule has 3 aromatic rings. The van der Waals surface area contributed by atoms with Gasteiger partial charge in [-0.1, -0.05) is 29.8 Å². The van der Waals surface area contributed by atoms with Crippen LogP contribution in [0.4, 0.5) is 0 Å². The van der Waals surface area contributed by atoms with Crippen molar-refractivity contribution in [3.63, 3.8) is 0 Å². The summed E-state index contributed by atoms with van der Waals surface area (Å²) in [7, 11) is 0. The van der Waals surface area contributed by atoms with Gasteiger partial charge in [-0.15, -0.1) is 0 Å². The number of hydrazine groups is 1. The van der Waals surface area contributed by atoms with Gasteiger partial charge in [0.15, 0.2) is 5.69 Å². The maximum Gasteiger partial charge on any atom is 0.290 e. The minimum atomic E-state index is -0.696. The monoisotopic (exact) mass is 447 g/mol. The Morgan fingerprint density at radius 3 is 2.36 bits per heavy atom. The average molecular weight is 447 g/mol. The van der Waals surface area contributed by atoms with Crippen molar-refractivity contribution in [2.45, 2.75) is 26.8 Å². The molecule has 0 unspecified atom stereocenters. The first-order valence-electron chi connectivity index (χ1n) is 10.4. The first-order valence-corrected chi connectivity index (χ1v) is 10.4. The van der Waals surface area contributed by atoms with E-state index in [4.69, 9.17) is 0 Å². The number of rotatable bonds is 5. The first kappa shape index (κ1) is 21.9. The summed E-state index contributed by atoms with van der Waals surface area (Å²) in [6.07, 6.45) is -0.201. The third-order valence-corrected chi connectivity index (χ3v) is 5.39. The number of aromatic nitrogens is 2. The molecule has 2 heterocycles. The molecule has 0 saturated heterocycles. The maximum absolute atomic E-state index is 12.7. The van der Waals surface area contributed by atoms with Crippen molar-refractivity contribution in [3.05, 3.63) is 75.2 Å². The number of aryl methyl sites for hydroxylation is 2. The van der Waals surface area contributed by atoms with Crippen LogP contribution in [-0.4, -0.2) is 44.9 Å². The molecule has 4 rings (SSSR count). The van der Waals surface area contributed by atoms with E-state index in [1.807, 2.05) is 6.92 Å². The van der Waals surface area contributed by atoms with Gasteiger partial charge in [-0.2, -0.15) is 5.10 Å². The van der Waals surface area contributed by atoms with Crippen LogP contribution in [-0.2, 0) is 11.3 Å². The third kappa shape index (κ3) is 3.98. The summed E-state index contributed by atoms with van der Waals surface area (Å²) in [5.74, 6) is -2.19. The SMILES string of the molecule is CCn1nc(C(=O)NNC(=O)CCN2C(=O)c3ccc(C)cc3C2=O)c2ccccc2c1=O. The van der Waals surface area contributed by atoms with E-state index in [9.17, 15) is 24.0 Å². The van der Waals surface area contributed by atoms with E-state index < -0.39 is 23.6 Å². The normalized spacial score (nSPS) is 12.7. The molecule has 10 nitrogen and oxygen atoms in total. The van der Waals surface area contributed by atoms with Crippen molar-refractivity contribution in [1.29, 1.82) is 0 Å². The Kier molecular flexibility index (Phi) is 5.74. The molecule has 2 N–H and O–H groups in total. The lowest BCUT2D eigenvalue weighted by atomic mass is 10.1. The molecule has 10 heteroatoms. The fraction of sp³-hybridized carbons (Fsp3) is 0.217. The van der Waals surface area contributed by atoms with E-state index in [1.54, 1.807) is 49.4 Å². The quantitative estimate of drug-likeness (QED) is 0.446. The molecule has 0 fully saturated rings. The summed E-state index contributed by atoms with van der Waals surface area (Å²) >= 11 is 0. The predicted molar refractivity (Wildman–Crippen MR) is 118 cm³/mol. The zero-order chi connectivity index (χ0) is 23.7. The van der Waals surface area contributed by atoms with E-state index in [1.165, 1.54) is 4.68 Å². The van der Waals surface area contributed by atoms with Crippen LogP contribution in [0.1, 0.15) is 50.1 Å². The maximum atomic E-state index is 12.7. The molecule has 0 saturated carbocycles. The van der Waals surface area contributed by atoms with Gasteiger partial charge in [-0.3, -0.25) is 39.7 Å². The highest BCUT2D eigenvalue weighted by Crippen LogP contribution is 2.23. The minimum Gasteiger partial charge on any atom is -0.274 e. The number of amides is 4. The molecule has 168 valence electrons. The van der Waals surface area contributed by atoms with Gasteiger partial charge in [-0.25, -0.2) is 4.68 Å². The van der Waals surface area contributed by atoms with E-state index in [0.717, 1.165) is 10.5 Å². The molecule has 1 aromatic heterocycles. The molecule has 0 aliphatic carbocycles. The summed E-state index contributed by atoms with van der Waals surface area (Å²) in [6.45, 7) is 3.69. The second-order valence-corrected chi connectivity index (χ2v) is 7.58. The minimum absolute atomic E-state index is 0.0110. The molecule has 0 radical (unpaired) electrons. The third-order valence-electron chi connectivity index (χ3n) is 5.39. The Hall–Kier alpha value is -4.34. The standard InChI is InChI=1S/C23H21N5O5/c1-3-28-23(33)15-7-5-4-6-14(15)19(26-28)20(30)25-24-18(29)10-11-27-21(31)16-9-8-13(2)12-17(16)22(27)32/h4-9,12H,3,10-11H2,1-2H3,(H,24,29)(H,25,30). The zero-order valence-electron chi connectivity index (χ0n) is 18.0. The number of nitrogens with one attached hydrogen (secondary N) is 2. The van der Waals surface area contributed by atoms with Gasteiger partial charge in [0.05, 0.1) is 16.5 Å². The molecule has 0 atom stereocenters. The van der Waals surface area contributed by atoms with Crippen molar-refractivity contribution >= 4 is 34.4 Å². The van der Waals surface area contributed by atoms with Gasteiger partial charge >= 0.3 is 0 Å². The second-order valence-electron chi connectivity index (χ2n) is 7.58. The van der Waals surface area contributed by atoms with E-state index in [2.05, 4.69) is 16.0 Å². The molecule has 1 aliphatic heterocycles. The first-order chi connectivity index (χ1) is 15.8. The Morgan fingerprint density at radius 1 is 0.939 bits per heavy atom. The Balaban J connectivity index is 1.41. The van der Waals surface area contributed by atoms with E-state index in [0.29, 0.717) is 21.9 Å². The lowest BCUT2D eigenvalue weighted by molar-refractivity contribution is -0.121. The Labute approximate surface area is 188 Å². The number of hydrogen-bond acceptors (Lipinski definition) is 6. The lowest BCUT2D eigenvalue weighted by Gasteiger charge is -2.14. The van der Waals surface area contributed by atoms with Crippen LogP contribution in [0, 0.1) is 6.92 Å². The van der Waals surface area contributed by atoms with E-state index >= 15 is 0 Å². The van der Waals surface area contributed by atoms with Gasteiger partial charge in [0.25, 0.3) is 23.3 Å². The van der Waals surface area contributed by atoms with Gasteiger partial charge < -0.3 is 0 Å². The van der Waals surface area contributed by atoms with E-state index in [-0.39, 0.29) is 30.8 Å². The largest absolute Gasteiger partial charge is 0.290 e. The topological polar surface area (TPSA) is 130 Å². The highest BCUT2D eigenvalue weighted by atomic mass is 16.2. The molecule has 4 amide bonds. The molecule has 0 spiro atoms. The van der Waals surface area contributed by atoms with Crippen LogP contribution in [0.3, 0.4) is 0 Å². The highest BCUT2D eigenvalue weighted by Gasteiger charge is 2.35. The van der Waals surface area contributed by atoms with Crippen LogP contribution in [0.25, 0.3) is 10.8 Å². The fourth-order valence-electron chi connectivity index (χ4n) is 3.69. The van der Waals surface area contributed by atoms with Crippen LogP contribution >= 0.6 is 0 Å². The van der Waals surface area contributed by atoms with Crippen LogP contribution in [0.15, 0.2) is 47.3 Å². The number of benzene rings is 2. The predicted octanol–water partition coefficient (Wildman–Crippen LogP) is 1.17. The van der Waals surface area contributed by atoms with Crippen molar-refractivity contribution < 1.29 is 19.2 Å². The van der Waals surface area contributed by atoms with Crippen LogP contribution in [0.5, 0.6) is 0 Å². The Morgan fingerprint density at radius 2 is 1.64 bits per heavy atom. The van der Waals surface area contributed by atoms with Gasteiger partial charge in [0.1, 0.15) is 0 Å². The van der Waals surface area contributed by atoms with Crippen molar-refractivity contribution in [1.82, 2.24) is 25.5 Å². The number of nitrogens with zero attached hydrogens (tertiary/aromatic N) is 3. The molecule has 2 aromatic carbocycles.